The topological polar surface area (TPSA) is 46.2 Å². The average Bonchev–Trinajstić information content (AvgIpc) is 2.49. The Bertz CT molecular complexity index is 348. The Morgan fingerprint density at radius 3 is 1.82 bits per heavy atom. The zero-order valence-corrected chi connectivity index (χ0v) is 15.4. The van der Waals surface area contributed by atoms with Gasteiger partial charge in [-0.25, -0.2) is 13.1 Å². The second-order valence-electron chi connectivity index (χ2n) is 6.95. The molecule has 132 valence electrons. The molecule has 1 saturated carbocycles. The third-order valence-electron chi connectivity index (χ3n) is 4.72. The van der Waals surface area contributed by atoms with Crippen LogP contribution in [0.25, 0.3) is 0 Å². The van der Waals surface area contributed by atoms with Crippen LogP contribution < -0.4 is 4.72 Å². The van der Waals surface area contributed by atoms with Crippen LogP contribution in [0.3, 0.4) is 0 Å². The number of hydrogen-bond donors (Lipinski definition) is 1. The second kappa shape index (κ2) is 12.3. The van der Waals surface area contributed by atoms with Crippen LogP contribution >= 0.6 is 0 Å². The minimum absolute atomic E-state index is 0.210. The standard InChI is InChI=1S/C18H37NO2S/c1-2-3-4-5-6-7-8-9-10-14-17-22(20,21)19-18-15-12-11-13-16-18/h18-19H,2-17H2,1H3. The molecule has 1 rings (SSSR count). The molecule has 1 fully saturated rings. The first-order chi connectivity index (χ1) is 10.6. The van der Waals surface area contributed by atoms with Gasteiger partial charge in [-0.2, -0.15) is 0 Å². The van der Waals surface area contributed by atoms with Crippen molar-refractivity contribution in [3.05, 3.63) is 0 Å². The predicted octanol–water partition coefficient (Wildman–Crippen LogP) is 5.16. The molecule has 0 heterocycles. The van der Waals surface area contributed by atoms with E-state index in [4.69, 9.17) is 0 Å². The van der Waals surface area contributed by atoms with Crippen molar-refractivity contribution in [3.63, 3.8) is 0 Å². The maximum absolute atomic E-state index is 12.0. The molecule has 0 aliphatic heterocycles. The quantitative estimate of drug-likeness (QED) is 0.474. The van der Waals surface area contributed by atoms with E-state index in [1.165, 1.54) is 70.6 Å². The summed E-state index contributed by atoms with van der Waals surface area (Å²) in [6.07, 6.45) is 18.1. The second-order valence-corrected chi connectivity index (χ2v) is 8.83. The lowest BCUT2D eigenvalue weighted by Crippen LogP contribution is -2.37. The highest BCUT2D eigenvalue weighted by molar-refractivity contribution is 7.89. The summed E-state index contributed by atoms with van der Waals surface area (Å²) >= 11 is 0. The molecule has 1 aliphatic rings. The Balaban J connectivity index is 1.94. The molecule has 0 spiro atoms. The predicted molar refractivity (Wildman–Crippen MR) is 95.6 cm³/mol. The van der Waals surface area contributed by atoms with Gasteiger partial charge in [0.05, 0.1) is 5.75 Å². The summed E-state index contributed by atoms with van der Waals surface area (Å²) in [4.78, 5) is 0. The third kappa shape index (κ3) is 10.6. The van der Waals surface area contributed by atoms with Crippen molar-refractivity contribution < 1.29 is 8.42 Å². The molecule has 4 heteroatoms. The maximum atomic E-state index is 12.0. The van der Waals surface area contributed by atoms with Crippen LogP contribution in [-0.2, 0) is 10.0 Å². The van der Waals surface area contributed by atoms with Crippen molar-refractivity contribution in [2.75, 3.05) is 5.75 Å². The number of sulfonamides is 1. The monoisotopic (exact) mass is 331 g/mol. The first kappa shape index (κ1) is 20.0. The van der Waals surface area contributed by atoms with E-state index in [9.17, 15) is 8.42 Å². The first-order valence-corrected chi connectivity index (χ1v) is 11.3. The molecule has 0 saturated heterocycles. The largest absolute Gasteiger partial charge is 0.212 e. The summed E-state index contributed by atoms with van der Waals surface area (Å²) in [5.41, 5.74) is 0. The van der Waals surface area contributed by atoms with Crippen LogP contribution in [0.2, 0.25) is 0 Å². The van der Waals surface area contributed by atoms with E-state index < -0.39 is 10.0 Å². The highest BCUT2D eigenvalue weighted by atomic mass is 32.2. The van der Waals surface area contributed by atoms with Crippen molar-refractivity contribution in [1.82, 2.24) is 4.72 Å². The summed E-state index contributed by atoms with van der Waals surface area (Å²) in [6.45, 7) is 2.25. The van der Waals surface area contributed by atoms with E-state index in [2.05, 4.69) is 11.6 Å². The molecule has 0 aromatic rings. The zero-order valence-electron chi connectivity index (χ0n) is 14.6. The van der Waals surface area contributed by atoms with E-state index in [0.717, 1.165) is 25.7 Å². The molecule has 0 atom stereocenters. The van der Waals surface area contributed by atoms with Gasteiger partial charge in [-0.15, -0.1) is 0 Å². The molecular formula is C18H37NO2S. The smallest absolute Gasteiger partial charge is 0.211 e. The van der Waals surface area contributed by atoms with Crippen LogP contribution in [0.4, 0.5) is 0 Å². The normalized spacial score (nSPS) is 17.0. The van der Waals surface area contributed by atoms with Crippen LogP contribution in [0.1, 0.15) is 103 Å². The van der Waals surface area contributed by atoms with Crippen molar-refractivity contribution >= 4 is 10.0 Å². The Hall–Kier alpha value is -0.0900. The number of hydrogen-bond acceptors (Lipinski definition) is 2. The van der Waals surface area contributed by atoms with Crippen molar-refractivity contribution in [1.29, 1.82) is 0 Å². The van der Waals surface area contributed by atoms with Gasteiger partial charge in [0.15, 0.2) is 0 Å². The zero-order chi connectivity index (χ0) is 16.1. The van der Waals surface area contributed by atoms with Crippen molar-refractivity contribution in [2.45, 2.75) is 109 Å². The average molecular weight is 332 g/mol. The Morgan fingerprint density at radius 1 is 0.773 bits per heavy atom. The molecule has 0 aromatic heterocycles. The van der Waals surface area contributed by atoms with Gasteiger partial charge in [0.2, 0.25) is 10.0 Å². The SMILES string of the molecule is CCCCCCCCCCCCS(=O)(=O)NC1CCCCC1. The summed E-state index contributed by atoms with van der Waals surface area (Å²) < 4.78 is 26.9. The number of nitrogens with one attached hydrogen (secondary N) is 1. The van der Waals surface area contributed by atoms with Crippen LogP contribution in [-0.4, -0.2) is 20.2 Å². The highest BCUT2D eigenvalue weighted by Gasteiger charge is 2.19. The van der Waals surface area contributed by atoms with Crippen LogP contribution in [0.5, 0.6) is 0 Å². The molecule has 1 aliphatic carbocycles. The summed E-state index contributed by atoms with van der Waals surface area (Å²) in [7, 11) is -3.04. The van der Waals surface area contributed by atoms with E-state index in [-0.39, 0.29) is 6.04 Å². The van der Waals surface area contributed by atoms with Gasteiger partial charge >= 0.3 is 0 Å². The summed E-state index contributed by atoms with van der Waals surface area (Å²) in [6, 6.07) is 0.210. The van der Waals surface area contributed by atoms with E-state index in [0.29, 0.717) is 5.75 Å². The highest BCUT2D eigenvalue weighted by Crippen LogP contribution is 2.18. The van der Waals surface area contributed by atoms with Gasteiger partial charge in [0.25, 0.3) is 0 Å². The van der Waals surface area contributed by atoms with E-state index in [1.807, 2.05) is 0 Å². The molecule has 1 N–H and O–H groups in total. The van der Waals surface area contributed by atoms with Gasteiger partial charge in [-0.3, -0.25) is 0 Å². The molecular weight excluding hydrogens is 294 g/mol. The molecule has 0 radical (unpaired) electrons. The maximum Gasteiger partial charge on any atom is 0.211 e. The van der Waals surface area contributed by atoms with Crippen LogP contribution in [0.15, 0.2) is 0 Å². The number of unbranched alkanes of at least 4 members (excludes halogenated alkanes) is 9. The van der Waals surface area contributed by atoms with Gasteiger partial charge in [0.1, 0.15) is 0 Å². The minimum atomic E-state index is -3.04. The minimum Gasteiger partial charge on any atom is -0.212 e. The molecule has 0 aromatic carbocycles. The van der Waals surface area contributed by atoms with Gasteiger partial charge in [-0.1, -0.05) is 84.0 Å². The molecule has 3 nitrogen and oxygen atoms in total. The third-order valence-corrected chi connectivity index (χ3v) is 6.24. The van der Waals surface area contributed by atoms with Gasteiger partial charge < -0.3 is 0 Å². The van der Waals surface area contributed by atoms with Gasteiger partial charge in [0, 0.05) is 6.04 Å². The first-order valence-electron chi connectivity index (χ1n) is 9.64. The Morgan fingerprint density at radius 2 is 1.27 bits per heavy atom. The van der Waals surface area contributed by atoms with Crippen molar-refractivity contribution in [2.24, 2.45) is 0 Å². The fraction of sp³-hybridized carbons (Fsp3) is 1.00. The van der Waals surface area contributed by atoms with Crippen molar-refractivity contribution in [3.8, 4) is 0 Å². The Labute approximate surface area is 138 Å². The molecule has 0 unspecified atom stereocenters. The lowest BCUT2D eigenvalue weighted by Gasteiger charge is -2.22. The molecule has 0 bridgehead atoms. The number of rotatable bonds is 13. The van der Waals surface area contributed by atoms with E-state index in [1.54, 1.807) is 0 Å². The van der Waals surface area contributed by atoms with E-state index >= 15 is 0 Å². The molecule has 22 heavy (non-hydrogen) atoms. The summed E-state index contributed by atoms with van der Waals surface area (Å²) in [5, 5.41) is 0. The van der Waals surface area contributed by atoms with Crippen LogP contribution in [0, 0.1) is 0 Å². The summed E-state index contributed by atoms with van der Waals surface area (Å²) in [5.74, 6) is 0.319. The Kier molecular flexibility index (Phi) is 11.2. The fourth-order valence-electron chi connectivity index (χ4n) is 3.31. The molecule has 0 amide bonds. The lowest BCUT2D eigenvalue weighted by atomic mass is 9.96. The van der Waals surface area contributed by atoms with Gasteiger partial charge in [-0.05, 0) is 19.3 Å². The lowest BCUT2D eigenvalue weighted by molar-refractivity contribution is 0.411. The fourth-order valence-corrected chi connectivity index (χ4v) is 4.76.